The minimum Gasteiger partial charge on any atom is -0.476 e. The van der Waals surface area contributed by atoms with Gasteiger partial charge in [0.2, 0.25) is 0 Å². The van der Waals surface area contributed by atoms with Crippen molar-refractivity contribution in [1.29, 1.82) is 0 Å². The topological polar surface area (TPSA) is 75.7 Å². The van der Waals surface area contributed by atoms with Gasteiger partial charge in [0.15, 0.2) is 6.10 Å². The first-order valence-electron chi connectivity index (χ1n) is 9.05. The molecule has 31 heavy (non-hydrogen) atoms. The molecule has 10 heteroatoms. The Balaban J connectivity index is 1.66. The van der Waals surface area contributed by atoms with Crippen LogP contribution in [0.25, 0.3) is 0 Å². The molecule has 0 unspecified atom stereocenters. The van der Waals surface area contributed by atoms with Crippen molar-refractivity contribution in [3.63, 3.8) is 0 Å². The normalized spacial score (nSPS) is 15.7. The van der Waals surface area contributed by atoms with E-state index in [1.54, 1.807) is 36.4 Å². The first-order chi connectivity index (χ1) is 14.8. The van der Waals surface area contributed by atoms with E-state index in [1.165, 1.54) is 30.3 Å². The minimum atomic E-state index is -3.97. The number of ether oxygens (including phenoxy) is 1. The molecule has 3 aromatic carbocycles. The number of carbonyl (C=O) groups excluding carboxylic acids is 1. The van der Waals surface area contributed by atoms with Crippen LogP contribution in [0.5, 0.6) is 5.75 Å². The van der Waals surface area contributed by atoms with Crippen LogP contribution in [0, 0.1) is 0 Å². The van der Waals surface area contributed by atoms with Crippen molar-refractivity contribution < 1.29 is 17.9 Å². The quantitative estimate of drug-likeness (QED) is 0.535. The highest BCUT2D eigenvalue weighted by molar-refractivity contribution is 7.92. The lowest BCUT2D eigenvalue weighted by Gasteiger charge is -2.34. The number of para-hydroxylation sites is 2. The summed E-state index contributed by atoms with van der Waals surface area (Å²) in [6.45, 7) is -0.213. The molecule has 1 N–H and O–H groups in total. The summed E-state index contributed by atoms with van der Waals surface area (Å²) in [6.07, 6.45) is -1.09. The zero-order chi connectivity index (χ0) is 22.2. The fraction of sp³-hybridized carbons (Fsp3) is 0.0952. The first-order valence-corrected chi connectivity index (χ1v) is 11.6. The number of amides is 1. The summed E-state index contributed by atoms with van der Waals surface area (Å²) in [5, 5.41) is 3.73. The average molecular weight is 498 g/mol. The highest BCUT2D eigenvalue weighted by atomic mass is 35.5. The molecule has 3 aromatic rings. The lowest BCUT2D eigenvalue weighted by atomic mass is 10.2. The Hall–Kier alpha value is -2.45. The molecule has 4 rings (SSSR count). The second-order valence-electron chi connectivity index (χ2n) is 6.68. The molecule has 1 atom stereocenters. The summed E-state index contributed by atoms with van der Waals surface area (Å²) in [5.41, 5.74) is 0.755. The Bertz CT molecular complexity index is 1250. The first kappa shape index (κ1) is 21.8. The highest BCUT2D eigenvalue weighted by Crippen LogP contribution is 2.37. The van der Waals surface area contributed by atoms with Crippen molar-refractivity contribution in [1.82, 2.24) is 0 Å². The van der Waals surface area contributed by atoms with Crippen molar-refractivity contribution in [2.45, 2.75) is 11.0 Å². The molecule has 1 heterocycles. The smallest absolute Gasteiger partial charge is 0.267 e. The maximum atomic E-state index is 13.3. The lowest BCUT2D eigenvalue weighted by Crippen LogP contribution is -2.48. The molecule has 0 aromatic heterocycles. The zero-order valence-corrected chi connectivity index (χ0v) is 18.8. The van der Waals surface area contributed by atoms with Crippen molar-refractivity contribution in [3.05, 3.63) is 81.8 Å². The standard InChI is InChI=1S/C21H15Cl3N2O4S/c22-13-5-8-15(9-6-13)31(28,29)26-12-20(30-19-4-2-1-3-18(19)26)21(27)25-14-7-10-16(23)17(24)11-14/h1-11,20H,12H2,(H,25,27)/t20-/m1/s1. The molecule has 0 bridgehead atoms. The van der Waals surface area contributed by atoms with E-state index < -0.39 is 22.0 Å². The lowest BCUT2D eigenvalue weighted by molar-refractivity contribution is -0.122. The molecule has 0 saturated carbocycles. The third-order valence-electron chi connectivity index (χ3n) is 4.62. The number of fused-ring (bicyclic) bond motifs is 1. The number of benzene rings is 3. The van der Waals surface area contributed by atoms with Gasteiger partial charge >= 0.3 is 0 Å². The van der Waals surface area contributed by atoms with Crippen LogP contribution in [0.4, 0.5) is 11.4 Å². The second-order valence-corrected chi connectivity index (χ2v) is 9.80. The van der Waals surface area contributed by atoms with Gasteiger partial charge in [-0.25, -0.2) is 8.42 Å². The van der Waals surface area contributed by atoms with Gasteiger partial charge in [-0.1, -0.05) is 46.9 Å². The van der Waals surface area contributed by atoms with Gasteiger partial charge in [-0.2, -0.15) is 0 Å². The third kappa shape index (κ3) is 4.45. The van der Waals surface area contributed by atoms with Crippen LogP contribution in [0.3, 0.4) is 0 Å². The Morgan fingerprint density at radius 1 is 0.968 bits per heavy atom. The van der Waals surface area contributed by atoms with Gasteiger partial charge in [-0.05, 0) is 54.6 Å². The molecule has 0 fully saturated rings. The van der Waals surface area contributed by atoms with Gasteiger partial charge in [0.05, 0.1) is 27.2 Å². The molecule has 0 radical (unpaired) electrons. The van der Waals surface area contributed by atoms with Crippen molar-refractivity contribution in [2.75, 3.05) is 16.2 Å². The van der Waals surface area contributed by atoms with Gasteiger partial charge in [0, 0.05) is 10.7 Å². The SMILES string of the molecule is O=C(Nc1ccc(Cl)c(Cl)c1)[C@H]1CN(S(=O)(=O)c2ccc(Cl)cc2)c2ccccc2O1. The second kappa shape index (κ2) is 8.59. The highest BCUT2D eigenvalue weighted by Gasteiger charge is 2.37. The molecule has 1 aliphatic rings. The molecule has 6 nitrogen and oxygen atoms in total. The van der Waals surface area contributed by atoms with Crippen LogP contribution < -0.4 is 14.4 Å². The van der Waals surface area contributed by atoms with Gasteiger partial charge in [-0.15, -0.1) is 0 Å². The fourth-order valence-electron chi connectivity index (χ4n) is 3.10. The van der Waals surface area contributed by atoms with Crippen LogP contribution in [0.2, 0.25) is 15.1 Å². The molecular weight excluding hydrogens is 483 g/mol. The molecule has 1 amide bonds. The summed E-state index contributed by atoms with van der Waals surface area (Å²) in [5.74, 6) is -0.246. The Morgan fingerprint density at radius 3 is 2.39 bits per heavy atom. The molecule has 1 aliphatic heterocycles. The summed E-state index contributed by atoms with van der Waals surface area (Å²) >= 11 is 17.8. The van der Waals surface area contributed by atoms with Crippen molar-refractivity contribution >= 4 is 62.1 Å². The Morgan fingerprint density at radius 2 is 1.68 bits per heavy atom. The number of halogens is 3. The molecular formula is C21H15Cl3N2O4S. The van der Waals surface area contributed by atoms with Crippen LogP contribution in [0.15, 0.2) is 71.6 Å². The number of nitrogens with zero attached hydrogens (tertiary/aromatic N) is 1. The summed E-state index contributed by atoms with van der Waals surface area (Å²) in [6, 6.07) is 17.1. The van der Waals surface area contributed by atoms with E-state index in [2.05, 4.69) is 5.32 Å². The number of carbonyl (C=O) groups is 1. The van der Waals surface area contributed by atoms with E-state index in [1.807, 2.05) is 0 Å². The fourth-order valence-corrected chi connectivity index (χ4v) is 5.00. The van der Waals surface area contributed by atoms with Crippen LogP contribution in [-0.2, 0) is 14.8 Å². The van der Waals surface area contributed by atoms with Gasteiger partial charge < -0.3 is 10.1 Å². The number of anilines is 2. The predicted octanol–water partition coefficient (Wildman–Crippen LogP) is 5.24. The number of rotatable bonds is 4. The minimum absolute atomic E-state index is 0.0530. The summed E-state index contributed by atoms with van der Waals surface area (Å²) in [7, 11) is -3.97. The van der Waals surface area contributed by atoms with E-state index >= 15 is 0 Å². The Labute approximate surface area is 194 Å². The summed E-state index contributed by atoms with van der Waals surface area (Å²) in [4.78, 5) is 12.9. The summed E-state index contributed by atoms with van der Waals surface area (Å²) < 4.78 is 33.6. The van der Waals surface area contributed by atoms with Crippen LogP contribution in [0.1, 0.15) is 0 Å². The van der Waals surface area contributed by atoms with Gasteiger partial charge in [-0.3, -0.25) is 9.10 Å². The molecule has 0 saturated heterocycles. The van der Waals surface area contributed by atoms with Crippen molar-refractivity contribution in [2.24, 2.45) is 0 Å². The largest absolute Gasteiger partial charge is 0.476 e. The predicted molar refractivity (Wildman–Crippen MR) is 122 cm³/mol. The number of hydrogen-bond acceptors (Lipinski definition) is 4. The van der Waals surface area contributed by atoms with E-state index in [0.29, 0.717) is 21.4 Å². The maximum absolute atomic E-state index is 13.3. The molecule has 0 spiro atoms. The molecule has 160 valence electrons. The number of sulfonamides is 1. The monoisotopic (exact) mass is 496 g/mol. The van der Waals surface area contributed by atoms with E-state index in [-0.39, 0.29) is 22.2 Å². The zero-order valence-electron chi connectivity index (χ0n) is 15.8. The maximum Gasteiger partial charge on any atom is 0.267 e. The van der Waals surface area contributed by atoms with E-state index in [9.17, 15) is 13.2 Å². The van der Waals surface area contributed by atoms with Crippen LogP contribution in [-0.4, -0.2) is 27.0 Å². The number of nitrogens with one attached hydrogen (secondary N) is 1. The molecule has 0 aliphatic carbocycles. The van der Waals surface area contributed by atoms with Gasteiger partial charge in [0.1, 0.15) is 5.75 Å². The van der Waals surface area contributed by atoms with E-state index in [0.717, 1.165) is 4.31 Å². The van der Waals surface area contributed by atoms with Gasteiger partial charge in [0.25, 0.3) is 15.9 Å². The number of hydrogen-bond donors (Lipinski definition) is 1. The Kier molecular flexibility index (Phi) is 6.03. The van der Waals surface area contributed by atoms with Crippen LogP contribution >= 0.6 is 34.8 Å². The van der Waals surface area contributed by atoms with Crippen molar-refractivity contribution in [3.8, 4) is 5.75 Å². The average Bonchev–Trinajstić information content (AvgIpc) is 2.75. The third-order valence-corrected chi connectivity index (χ3v) is 7.40. The van der Waals surface area contributed by atoms with E-state index in [4.69, 9.17) is 39.5 Å².